The number of hydrogen-bond donors (Lipinski definition) is 0. The Bertz CT molecular complexity index is 379. The molecule has 17 heavy (non-hydrogen) atoms. The molecule has 0 fully saturated rings. The third-order valence-electron chi connectivity index (χ3n) is 2.06. The number of rotatable bonds is 6. The lowest BCUT2D eigenvalue weighted by atomic mass is 10.2. The third kappa shape index (κ3) is 4.51. The van der Waals surface area contributed by atoms with Crippen LogP contribution in [0.4, 0.5) is 0 Å². The fourth-order valence-electron chi connectivity index (χ4n) is 1.20. The molecule has 0 radical (unpaired) electrons. The van der Waals surface area contributed by atoms with E-state index in [1.165, 1.54) is 0 Å². The molecule has 94 valence electrons. The number of ether oxygens (including phenoxy) is 3. The van der Waals surface area contributed by atoms with E-state index in [0.29, 0.717) is 24.5 Å². The summed E-state index contributed by atoms with van der Waals surface area (Å²) in [7, 11) is 1.56. The number of hydrogen-bond acceptors (Lipinski definition) is 4. The minimum absolute atomic E-state index is 0.264. The highest BCUT2D eigenvalue weighted by Gasteiger charge is 2.12. The van der Waals surface area contributed by atoms with Crippen LogP contribution in [0.1, 0.15) is 17.3 Å². The van der Waals surface area contributed by atoms with Crippen molar-refractivity contribution >= 4 is 28.6 Å². The first-order valence-electron chi connectivity index (χ1n) is 5.27. The second-order valence-corrected chi connectivity index (χ2v) is 4.34. The van der Waals surface area contributed by atoms with Crippen LogP contribution in [0, 0.1) is 3.57 Å². The molecular formula is C12H15IO4. The van der Waals surface area contributed by atoms with Gasteiger partial charge in [0.25, 0.3) is 0 Å². The number of carbonyl (C=O) groups is 1. The zero-order chi connectivity index (χ0) is 12.7. The fraction of sp³-hybridized carbons (Fsp3) is 0.417. The molecule has 0 bridgehead atoms. The zero-order valence-corrected chi connectivity index (χ0v) is 12.0. The molecule has 0 heterocycles. The van der Waals surface area contributed by atoms with Crippen molar-refractivity contribution in [1.29, 1.82) is 0 Å². The van der Waals surface area contributed by atoms with E-state index >= 15 is 0 Å². The van der Waals surface area contributed by atoms with E-state index in [1.54, 1.807) is 19.2 Å². The molecule has 0 aromatic heterocycles. The maximum absolute atomic E-state index is 11.8. The van der Waals surface area contributed by atoms with Gasteiger partial charge in [0.1, 0.15) is 12.4 Å². The lowest BCUT2D eigenvalue weighted by Crippen LogP contribution is -2.12. The Hall–Kier alpha value is -0.820. The Morgan fingerprint density at radius 1 is 1.35 bits per heavy atom. The highest BCUT2D eigenvalue weighted by atomic mass is 127. The number of benzene rings is 1. The molecule has 0 unspecified atom stereocenters. The Kier molecular flexibility index (Phi) is 6.28. The summed E-state index contributed by atoms with van der Waals surface area (Å²) in [5, 5.41) is 0. The summed E-state index contributed by atoms with van der Waals surface area (Å²) in [6, 6.07) is 5.29. The van der Waals surface area contributed by atoms with Gasteiger partial charge in [-0.1, -0.05) is 0 Å². The van der Waals surface area contributed by atoms with Gasteiger partial charge in [0.2, 0.25) is 0 Å². The smallest absolute Gasteiger partial charge is 0.339 e. The van der Waals surface area contributed by atoms with Gasteiger partial charge in [0, 0.05) is 10.2 Å². The van der Waals surface area contributed by atoms with Gasteiger partial charge >= 0.3 is 5.97 Å². The van der Waals surface area contributed by atoms with Crippen molar-refractivity contribution in [2.75, 3.05) is 26.9 Å². The van der Waals surface area contributed by atoms with Crippen LogP contribution in [0.15, 0.2) is 18.2 Å². The van der Waals surface area contributed by atoms with Crippen LogP contribution in [-0.2, 0) is 9.47 Å². The molecule has 0 N–H and O–H groups in total. The van der Waals surface area contributed by atoms with Crippen LogP contribution in [-0.4, -0.2) is 32.9 Å². The van der Waals surface area contributed by atoms with Crippen LogP contribution in [0.3, 0.4) is 0 Å². The van der Waals surface area contributed by atoms with Crippen LogP contribution < -0.4 is 4.74 Å². The summed E-state index contributed by atoms with van der Waals surface area (Å²) in [6.45, 7) is 3.20. The van der Waals surface area contributed by atoms with Gasteiger partial charge in [-0.25, -0.2) is 4.79 Å². The van der Waals surface area contributed by atoms with Crippen molar-refractivity contribution in [3.63, 3.8) is 0 Å². The van der Waals surface area contributed by atoms with Gasteiger partial charge < -0.3 is 14.2 Å². The number of carbonyl (C=O) groups excluding carboxylic acids is 1. The molecule has 0 saturated carbocycles. The van der Waals surface area contributed by atoms with Gasteiger partial charge in [0.15, 0.2) is 0 Å². The molecule has 1 rings (SSSR count). The lowest BCUT2D eigenvalue weighted by Gasteiger charge is -2.08. The molecular weight excluding hydrogens is 335 g/mol. The van der Waals surface area contributed by atoms with Gasteiger partial charge in [-0.15, -0.1) is 0 Å². The second kappa shape index (κ2) is 7.50. The van der Waals surface area contributed by atoms with Crippen molar-refractivity contribution in [2.24, 2.45) is 0 Å². The van der Waals surface area contributed by atoms with E-state index in [1.807, 2.05) is 13.0 Å². The minimum Gasteiger partial charge on any atom is -0.497 e. The topological polar surface area (TPSA) is 44.8 Å². The van der Waals surface area contributed by atoms with E-state index in [9.17, 15) is 4.79 Å². The van der Waals surface area contributed by atoms with Gasteiger partial charge in [-0.3, -0.25) is 0 Å². The number of halogens is 1. The van der Waals surface area contributed by atoms with E-state index in [2.05, 4.69) is 22.6 Å². The summed E-state index contributed by atoms with van der Waals surface area (Å²) in [6.07, 6.45) is 0. The van der Waals surface area contributed by atoms with Crippen LogP contribution in [0.5, 0.6) is 5.75 Å². The quantitative estimate of drug-likeness (QED) is 0.449. The van der Waals surface area contributed by atoms with Crippen molar-refractivity contribution in [3.05, 3.63) is 27.3 Å². The summed E-state index contributed by atoms with van der Waals surface area (Å²) in [4.78, 5) is 11.8. The molecule has 0 spiro atoms. The zero-order valence-electron chi connectivity index (χ0n) is 9.86. The second-order valence-electron chi connectivity index (χ2n) is 3.18. The van der Waals surface area contributed by atoms with E-state index < -0.39 is 0 Å². The maximum atomic E-state index is 11.8. The predicted octanol–water partition coefficient (Wildman–Crippen LogP) is 2.49. The molecule has 1 aromatic carbocycles. The van der Waals surface area contributed by atoms with Crippen LogP contribution in [0.2, 0.25) is 0 Å². The normalized spacial score (nSPS) is 10.1. The van der Waals surface area contributed by atoms with E-state index in [4.69, 9.17) is 14.2 Å². The molecule has 0 aliphatic rings. The first kappa shape index (κ1) is 14.2. The summed E-state index contributed by atoms with van der Waals surface area (Å²) in [5.74, 6) is 0.287. The standard InChI is InChI=1S/C12H15IO4/c1-3-16-6-7-17-12(14)10-8-9(15-2)4-5-11(10)13/h4-5,8H,3,6-7H2,1-2H3. The summed E-state index contributed by atoms with van der Waals surface area (Å²) >= 11 is 2.09. The van der Waals surface area contributed by atoms with Gasteiger partial charge in [0.05, 0.1) is 19.3 Å². The SMILES string of the molecule is CCOCCOC(=O)c1cc(OC)ccc1I. The first-order chi connectivity index (χ1) is 8.19. The largest absolute Gasteiger partial charge is 0.497 e. The molecule has 0 saturated heterocycles. The van der Waals surface area contributed by atoms with Crippen LogP contribution >= 0.6 is 22.6 Å². The van der Waals surface area contributed by atoms with E-state index in [-0.39, 0.29) is 12.6 Å². The highest BCUT2D eigenvalue weighted by molar-refractivity contribution is 14.1. The monoisotopic (exact) mass is 350 g/mol. The van der Waals surface area contributed by atoms with Crippen molar-refractivity contribution < 1.29 is 19.0 Å². The van der Waals surface area contributed by atoms with Crippen LogP contribution in [0.25, 0.3) is 0 Å². The number of esters is 1. The number of methoxy groups -OCH3 is 1. The lowest BCUT2D eigenvalue weighted by molar-refractivity contribution is 0.0334. The molecule has 0 aliphatic heterocycles. The maximum Gasteiger partial charge on any atom is 0.339 e. The average molecular weight is 350 g/mol. The van der Waals surface area contributed by atoms with Gasteiger partial charge in [-0.2, -0.15) is 0 Å². The summed E-state index contributed by atoms with van der Waals surface area (Å²) < 4.78 is 16.1. The molecule has 4 nitrogen and oxygen atoms in total. The Morgan fingerprint density at radius 3 is 2.76 bits per heavy atom. The van der Waals surface area contributed by atoms with Crippen molar-refractivity contribution in [1.82, 2.24) is 0 Å². The first-order valence-corrected chi connectivity index (χ1v) is 6.35. The highest BCUT2D eigenvalue weighted by Crippen LogP contribution is 2.20. The Labute approximate surface area is 114 Å². The fourth-order valence-corrected chi connectivity index (χ4v) is 1.76. The average Bonchev–Trinajstić information content (AvgIpc) is 2.35. The predicted molar refractivity (Wildman–Crippen MR) is 72.5 cm³/mol. The molecule has 0 atom stereocenters. The van der Waals surface area contributed by atoms with E-state index in [0.717, 1.165) is 3.57 Å². The molecule has 0 amide bonds. The molecule has 0 aliphatic carbocycles. The Balaban J connectivity index is 2.61. The van der Waals surface area contributed by atoms with Crippen molar-refractivity contribution in [2.45, 2.75) is 6.92 Å². The minimum atomic E-state index is -0.354. The van der Waals surface area contributed by atoms with Crippen molar-refractivity contribution in [3.8, 4) is 5.75 Å². The van der Waals surface area contributed by atoms with Gasteiger partial charge in [-0.05, 0) is 47.7 Å². The molecule has 5 heteroatoms. The summed E-state index contributed by atoms with van der Waals surface area (Å²) in [5.41, 5.74) is 0.515. The Morgan fingerprint density at radius 2 is 2.12 bits per heavy atom. The third-order valence-corrected chi connectivity index (χ3v) is 3.00. The molecule has 1 aromatic rings.